The Kier molecular flexibility index (Phi) is 4.28. The molecule has 3 aromatic rings. The Balaban J connectivity index is 1.59. The van der Waals surface area contributed by atoms with Gasteiger partial charge in [-0.1, -0.05) is 18.2 Å². The van der Waals surface area contributed by atoms with E-state index in [-0.39, 0.29) is 12.5 Å². The fourth-order valence-electron chi connectivity index (χ4n) is 2.09. The zero-order valence-corrected chi connectivity index (χ0v) is 12.3. The second kappa shape index (κ2) is 6.69. The second-order valence-corrected chi connectivity index (χ2v) is 4.94. The standard InChI is InChI=1S/C16H15N5O2/c22-15(12-20-8-4-7-17-16(20)23)18-9-13-10-19-21(11-13)14-5-2-1-3-6-14/h1-8,10-11H,9,12H2,(H,18,22). The molecule has 0 unspecified atom stereocenters. The molecule has 0 bridgehead atoms. The van der Waals surface area contributed by atoms with E-state index in [2.05, 4.69) is 15.4 Å². The highest BCUT2D eigenvalue weighted by molar-refractivity contribution is 5.75. The van der Waals surface area contributed by atoms with Gasteiger partial charge in [-0.2, -0.15) is 5.10 Å². The van der Waals surface area contributed by atoms with Gasteiger partial charge in [0.15, 0.2) is 0 Å². The number of para-hydroxylation sites is 1. The van der Waals surface area contributed by atoms with Crippen molar-refractivity contribution in [3.63, 3.8) is 0 Å². The number of amides is 1. The van der Waals surface area contributed by atoms with E-state index in [9.17, 15) is 9.59 Å². The molecule has 0 aliphatic heterocycles. The maximum absolute atomic E-state index is 11.9. The SMILES string of the molecule is O=C(Cn1cccnc1=O)NCc1cnn(-c2ccccc2)c1. The normalized spacial score (nSPS) is 10.4. The summed E-state index contributed by atoms with van der Waals surface area (Å²) in [7, 11) is 0. The Morgan fingerprint density at radius 2 is 2.00 bits per heavy atom. The van der Waals surface area contributed by atoms with Crippen molar-refractivity contribution in [2.75, 3.05) is 0 Å². The van der Waals surface area contributed by atoms with E-state index in [0.717, 1.165) is 11.3 Å². The van der Waals surface area contributed by atoms with Crippen molar-refractivity contribution >= 4 is 5.91 Å². The summed E-state index contributed by atoms with van der Waals surface area (Å²) in [5.74, 6) is -0.257. The van der Waals surface area contributed by atoms with Crippen LogP contribution in [-0.2, 0) is 17.9 Å². The minimum atomic E-state index is -0.445. The predicted molar refractivity (Wildman–Crippen MR) is 83.9 cm³/mol. The lowest BCUT2D eigenvalue weighted by atomic mass is 10.3. The van der Waals surface area contributed by atoms with E-state index in [4.69, 9.17) is 0 Å². The van der Waals surface area contributed by atoms with Crippen LogP contribution in [0.1, 0.15) is 5.56 Å². The summed E-state index contributed by atoms with van der Waals surface area (Å²) in [6.07, 6.45) is 6.48. The van der Waals surface area contributed by atoms with E-state index in [1.165, 1.54) is 17.0 Å². The number of carbonyl (C=O) groups excluding carboxylic acids is 1. The molecule has 3 rings (SSSR count). The lowest BCUT2D eigenvalue weighted by Gasteiger charge is -2.05. The van der Waals surface area contributed by atoms with Gasteiger partial charge in [0.1, 0.15) is 6.54 Å². The number of benzene rings is 1. The topological polar surface area (TPSA) is 81.8 Å². The van der Waals surface area contributed by atoms with Crippen LogP contribution in [0.15, 0.2) is 66.0 Å². The van der Waals surface area contributed by atoms with Crippen LogP contribution in [0.4, 0.5) is 0 Å². The number of nitrogens with zero attached hydrogens (tertiary/aromatic N) is 4. The van der Waals surface area contributed by atoms with E-state index >= 15 is 0 Å². The van der Waals surface area contributed by atoms with Gasteiger partial charge in [-0.15, -0.1) is 0 Å². The first kappa shape index (κ1) is 14.7. The van der Waals surface area contributed by atoms with E-state index in [1.807, 2.05) is 36.5 Å². The molecular formula is C16H15N5O2. The van der Waals surface area contributed by atoms with Crippen molar-refractivity contribution in [2.24, 2.45) is 0 Å². The third-order valence-electron chi connectivity index (χ3n) is 3.24. The monoisotopic (exact) mass is 309 g/mol. The van der Waals surface area contributed by atoms with Crippen molar-refractivity contribution in [1.29, 1.82) is 0 Å². The van der Waals surface area contributed by atoms with Crippen LogP contribution < -0.4 is 11.0 Å². The number of carbonyl (C=O) groups is 1. The first-order valence-electron chi connectivity index (χ1n) is 7.09. The molecule has 0 spiro atoms. The Bertz CT molecular complexity index is 854. The smallest absolute Gasteiger partial charge is 0.347 e. The van der Waals surface area contributed by atoms with Gasteiger partial charge in [-0.05, 0) is 18.2 Å². The Labute approximate surface area is 132 Å². The van der Waals surface area contributed by atoms with Crippen LogP contribution in [0.5, 0.6) is 0 Å². The highest BCUT2D eigenvalue weighted by atomic mass is 16.2. The minimum Gasteiger partial charge on any atom is -0.350 e. The Morgan fingerprint density at radius 1 is 1.17 bits per heavy atom. The number of nitrogens with one attached hydrogen (secondary N) is 1. The van der Waals surface area contributed by atoms with Crippen molar-refractivity contribution in [2.45, 2.75) is 13.1 Å². The third kappa shape index (κ3) is 3.70. The van der Waals surface area contributed by atoms with E-state index in [1.54, 1.807) is 16.9 Å². The van der Waals surface area contributed by atoms with E-state index in [0.29, 0.717) is 6.54 Å². The average molecular weight is 309 g/mol. The fraction of sp³-hybridized carbons (Fsp3) is 0.125. The van der Waals surface area contributed by atoms with Crippen LogP contribution in [0.3, 0.4) is 0 Å². The van der Waals surface area contributed by atoms with Gasteiger partial charge >= 0.3 is 5.69 Å². The molecule has 7 nitrogen and oxygen atoms in total. The molecule has 0 fully saturated rings. The average Bonchev–Trinajstić information content (AvgIpc) is 3.05. The van der Waals surface area contributed by atoms with Crippen molar-refractivity contribution in [3.05, 3.63) is 77.2 Å². The zero-order valence-electron chi connectivity index (χ0n) is 12.3. The van der Waals surface area contributed by atoms with Crippen LogP contribution in [0.2, 0.25) is 0 Å². The molecule has 0 saturated carbocycles. The van der Waals surface area contributed by atoms with Crippen molar-refractivity contribution < 1.29 is 4.79 Å². The zero-order chi connectivity index (χ0) is 16.1. The summed E-state index contributed by atoms with van der Waals surface area (Å²) in [6.45, 7) is 0.292. The van der Waals surface area contributed by atoms with Gasteiger partial charge in [0.25, 0.3) is 0 Å². The van der Waals surface area contributed by atoms with Crippen LogP contribution in [0.25, 0.3) is 5.69 Å². The molecule has 23 heavy (non-hydrogen) atoms. The summed E-state index contributed by atoms with van der Waals surface area (Å²) in [4.78, 5) is 26.9. The molecular weight excluding hydrogens is 294 g/mol. The summed E-state index contributed by atoms with van der Waals surface area (Å²) < 4.78 is 3.00. The van der Waals surface area contributed by atoms with Crippen LogP contribution >= 0.6 is 0 Å². The summed E-state index contributed by atoms with van der Waals surface area (Å²) in [6, 6.07) is 11.3. The number of hydrogen-bond acceptors (Lipinski definition) is 4. The lowest BCUT2D eigenvalue weighted by molar-refractivity contribution is -0.121. The largest absolute Gasteiger partial charge is 0.350 e. The molecule has 116 valence electrons. The fourth-order valence-corrected chi connectivity index (χ4v) is 2.09. The maximum Gasteiger partial charge on any atom is 0.347 e. The molecule has 1 N–H and O–H groups in total. The molecule has 0 aliphatic carbocycles. The second-order valence-electron chi connectivity index (χ2n) is 4.94. The number of aromatic nitrogens is 4. The summed E-state index contributed by atoms with van der Waals surface area (Å²) >= 11 is 0. The van der Waals surface area contributed by atoms with Crippen molar-refractivity contribution in [1.82, 2.24) is 24.6 Å². The molecule has 1 aromatic carbocycles. The van der Waals surface area contributed by atoms with Gasteiger partial charge < -0.3 is 5.32 Å². The maximum atomic E-state index is 11.9. The Hall–Kier alpha value is -3.22. The number of rotatable bonds is 5. The first-order chi connectivity index (χ1) is 11.2. The first-order valence-corrected chi connectivity index (χ1v) is 7.09. The van der Waals surface area contributed by atoms with Gasteiger partial charge in [0.2, 0.25) is 5.91 Å². The molecule has 0 aliphatic rings. The molecule has 0 radical (unpaired) electrons. The molecule has 0 atom stereocenters. The molecule has 2 heterocycles. The van der Waals surface area contributed by atoms with Gasteiger partial charge in [0, 0.05) is 30.7 Å². The molecule has 2 aromatic heterocycles. The molecule has 0 saturated heterocycles. The quantitative estimate of drug-likeness (QED) is 0.754. The van der Waals surface area contributed by atoms with Gasteiger partial charge in [-0.25, -0.2) is 14.5 Å². The minimum absolute atomic E-state index is 0.0561. The highest BCUT2D eigenvalue weighted by Gasteiger charge is 2.06. The predicted octanol–water partition coefficient (Wildman–Crippen LogP) is 0.745. The summed E-state index contributed by atoms with van der Waals surface area (Å²) in [5, 5.41) is 7.02. The lowest BCUT2D eigenvalue weighted by Crippen LogP contribution is -2.32. The van der Waals surface area contributed by atoms with Crippen molar-refractivity contribution in [3.8, 4) is 5.69 Å². The van der Waals surface area contributed by atoms with Gasteiger partial charge in [-0.3, -0.25) is 9.36 Å². The van der Waals surface area contributed by atoms with Crippen LogP contribution in [-0.4, -0.2) is 25.2 Å². The Morgan fingerprint density at radius 3 is 2.78 bits per heavy atom. The van der Waals surface area contributed by atoms with Crippen LogP contribution in [0, 0.1) is 0 Å². The highest BCUT2D eigenvalue weighted by Crippen LogP contribution is 2.07. The number of hydrogen-bond donors (Lipinski definition) is 1. The van der Waals surface area contributed by atoms with Gasteiger partial charge in [0.05, 0.1) is 11.9 Å². The molecule has 1 amide bonds. The summed E-state index contributed by atoms with van der Waals surface area (Å²) in [5.41, 5.74) is 1.38. The molecule has 7 heteroatoms. The van der Waals surface area contributed by atoms with E-state index < -0.39 is 5.69 Å². The third-order valence-corrected chi connectivity index (χ3v) is 3.24.